The zero-order chi connectivity index (χ0) is 24.2. The Labute approximate surface area is 196 Å². The van der Waals surface area contributed by atoms with E-state index < -0.39 is 19.3 Å². The molecule has 3 rings (SSSR count). The molecule has 3 fully saturated rings. The van der Waals surface area contributed by atoms with Gasteiger partial charge in [-0.05, 0) is 49.2 Å². The van der Waals surface area contributed by atoms with Crippen molar-refractivity contribution in [3.8, 4) is 12.1 Å². The maximum Gasteiger partial charge on any atom is 0.191 e. The third-order valence-corrected chi connectivity index (χ3v) is 14.1. The lowest BCUT2D eigenvalue weighted by atomic mass is 9.51. The first-order valence-electron chi connectivity index (χ1n) is 12.3. The van der Waals surface area contributed by atoms with E-state index in [1.807, 2.05) is 13.8 Å². The summed E-state index contributed by atoms with van der Waals surface area (Å²) in [6.07, 6.45) is 4.22. The summed E-state index contributed by atoms with van der Waals surface area (Å²) in [5, 5.41) is 19.5. The van der Waals surface area contributed by atoms with Gasteiger partial charge in [-0.3, -0.25) is 4.79 Å². The summed E-state index contributed by atoms with van der Waals surface area (Å²) >= 11 is 0. The number of nitrogens with zero attached hydrogens (tertiary/aromatic N) is 2. The van der Waals surface area contributed by atoms with Gasteiger partial charge in [-0.1, -0.05) is 48.0 Å². The van der Waals surface area contributed by atoms with Gasteiger partial charge in [-0.25, -0.2) is 0 Å². The highest BCUT2D eigenvalue weighted by atomic mass is 28.4. The molecule has 1 saturated carbocycles. The number of hydrogen-bond acceptors (Lipinski definition) is 5. The SMILES string of the molecule is CC1(C)[C@H](C#N)[C@H]2C[C@]3(C)CCC[C@H](CO[Si](C)(C)C(C)(C)C)[C@@]3(O2)C(=O)[C@@H]1CCC#N. The van der Waals surface area contributed by atoms with Crippen LogP contribution in [0.2, 0.25) is 18.1 Å². The lowest BCUT2D eigenvalue weighted by Gasteiger charge is -2.53. The van der Waals surface area contributed by atoms with Crippen molar-refractivity contribution in [1.29, 1.82) is 10.5 Å². The molecule has 1 aliphatic carbocycles. The monoisotopic (exact) mass is 458 g/mol. The van der Waals surface area contributed by atoms with Gasteiger partial charge in [0.05, 0.1) is 24.2 Å². The minimum atomic E-state index is -1.99. The Balaban J connectivity index is 2.07. The summed E-state index contributed by atoms with van der Waals surface area (Å²) in [5.41, 5.74) is -1.73. The molecule has 0 amide bonds. The lowest BCUT2D eigenvalue weighted by Crippen LogP contribution is -2.62. The molecule has 178 valence electrons. The molecule has 0 aromatic carbocycles. The Morgan fingerprint density at radius 1 is 1.22 bits per heavy atom. The van der Waals surface area contributed by atoms with E-state index in [1.54, 1.807) is 0 Å². The molecule has 2 aliphatic heterocycles. The molecule has 0 N–H and O–H groups in total. The number of fused-ring (bicyclic) bond motifs is 1. The fourth-order valence-corrected chi connectivity index (χ4v) is 7.61. The van der Waals surface area contributed by atoms with E-state index in [4.69, 9.17) is 9.16 Å². The van der Waals surface area contributed by atoms with E-state index >= 15 is 0 Å². The molecule has 2 saturated heterocycles. The van der Waals surface area contributed by atoms with Crippen LogP contribution in [-0.4, -0.2) is 32.4 Å². The highest BCUT2D eigenvalue weighted by molar-refractivity contribution is 6.74. The van der Waals surface area contributed by atoms with Crippen LogP contribution in [0.5, 0.6) is 0 Å². The predicted molar refractivity (Wildman–Crippen MR) is 127 cm³/mol. The van der Waals surface area contributed by atoms with Crippen LogP contribution in [0.3, 0.4) is 0 Å². The molecule has 0 aromatic rings. The number of ketones is 1. The highest BCUT2D eigenvalue weighted by Crippen LogP contribution is 2.64. The molecule has 32 heavy (non-hydrogen) atoms. The highest BCUT2D eigenvalue weighted by Gasteiger charge is 2.71. The van der Waals surface area contributed by atoms with Crippen molar-refractivity contribution in [2.45, 2.75) is 110 Å². The molecule has 5 nitrogen and oxygen atoms in total. The van der Waals surface area contributed by atoms with Crippen molar-refractivity contribution in [3.63, 3.8) is 0 Å². The smallest absolute Gasteiger partial charge is 0.191 e. The number of hydrogen-bond donors (Lipinski definition) is 0. The summed E-state index contributed by atoms with van der Waals surface area (Å²) in [6.45, 7) is 18.0. The van der Waals surface area contributed by atoms with Crippen molar-refractivity contribution in [3.05, 3.63) is 0 Å². The minimum absolute atomic E-state index is 0.00861. The van der Waals surface area contributed by atoms with Crippen LogP contribution in [0.1, 0.15) is 80.1 Å². The summed E-state index contributed by atoms with van der Waals surface area (Å²) in [4.78, 5) is 14.5. The van der Waals surface area contributed by atoms with E-state index in [-0.39, 0.29) is 40.1 Å². The largest absolute Gasteiger partial charge is 0.416 e. The standard InChI is InChI=1S/C26H42N2O3Si/c1-23(2,3)32(7,8)30-17-18-11-9-13-25(6)15-21-20(16-28)24(4,5)19(12-10-14-27)22(29)26(18,25)31-21/h18-21H,9-13,15,17H2,1-8H3/t18-,19+,20-,21-,25+,26-/m1/s1. The minimum Gasteiger partial charge on any atom is -0.416 e. The summed E-state index contributed by atoms with van der Waals surface area (Å²) in [6, 6.07) is 4.75. The number of ether oxygens (including phenoxy) is 1. The molecule has 6 atom stereocenters. The number of rotatable bonds is 5. The normalized spacial score (nSPS) is 39.0. The second kappa shape index (κ2) is 8.22. The second-order valence-electron chi connectivity index (χ2n) is 12.9. The first-order valence-corrected chi connectivity index (χ1v) is 15.2. The number of nitriles is 2. The van der Waals surface area contributed by atoms with Crippen molar-refractivity contribution in [2.24, 2.45) is 28.6 Å². The van der Waals surface area contributed by atoms with Gasteiger partial charge in [0, 0.05) is 30.3 Å². The van der Waals surface area contributed by atoms with Crippen molar-refractivity contribution in [1.82, 2.24) is 0 Å². The van der Waals surface area contributed by atoms with Crippen molar-refractivity contribution >= 4 is 14.1 Å². The number of carbonyl (C=O) groups is 1. The van der Waals surface area contributed by atoms with E-state index in [2.05, 4.69) is 52.9 Å². The van der Waals surface area contributed by atoms with Gasteiger partial charge >= 0.3 is 0 Å². The molecule has 0 unspecified atom stereocenters. The zero-order valence-corrected chi connectivity index (χ0v) is 22.4. The van der Waals surface area contributed by atoms with Crippen LogP contribution in [0.25, 0.3) is 0 Å². The quantitative estimate of drug-likeness (QED) is 0.471. The van der Waals surface area contributed by atoms with Crippen LogP contribution in [-0.2, 0) is 14.0 Å². The molecule has 0 aromatic heterocycles. The number of Topliss-reactive ketones (excluding diaryl/α,β-unsaturated/α-hetero) is 1. The van der Waals surface area contributed by atoms with Gasteiger partial charge in [0.15, 0.2) is 14.1 Å². The molecule has 2 bridgehead atoms. The summed E-state index contributed by atoms with van der Waals surface area (Å²) in [5.74, 6) is -0.599. The van der Waals surface area contributed by atoms with E-state index in [0.29, 0.717) is 19.4 Å². The molecular formula is C26H42N2O3Si. The summed E-state index contributed by atoms with van der Waals surface area (Å²) < 4.78 is 13.5. The maximum atomic E-state index is 14.5. The Hall–Kier alpha value is -1.21. The molecule has 2 heterocycles. The Bertz CT molecular complexity index is 833. The van der Waals surface area contributed by atoms with Crippen molar-refractivity contribution < 1.29 is 14.0 Å². The van der Waals surface area contributed by atoms with Crippen LogP contribution < -0.4 is 0 Å². The number of carbonyl (C=O) groups excluding carboxylic acids is 1. The van der Waals surface area contributed by atoms with Gasteiger partial charge in [0.1, 0.15) is 5.60 Å². The molecule has 0 radical (unpaired) electrons. The predicted octanol–water partition coefficient (Wildman–Crippen LogP) is 6.01. The first-order chi connectivity index (χ1) is 14.7. The van der Waals surface area contributed by atoms with E-state index in [1.165, 1.54) is 0 Å². The third-order valence-electron chi connectivity index (χ3n) is 9.63. The topological polar surface area (TPSA) is 83.1 Å². The van der Waals surface area contributed by atoms with Crippen LogP contribution in [0.4, 0.5) is 0 Å². The van der Waals surface area contributed by atoms with Gasteiger partial charge in [-0.2, -0.15) is 10.5 Å². The molecule has 6 heteroatoms. The van der Waals surface area contributed by atoms with E-state index in [0.717, 1.165) is 25.7 Å². The first kappa shape index (κ1) is 25.4. The van der Waals surface area contributed by atoms with Gasteiger partial charge in [-0.15, -0.1) is 0 Å². The van der Waals surface area contributed by atoms with Gasteiger partial charge < -0.3 is 9.16 Å². The molecular weight excluding hydrogens is 416 g/mol. The summed E-state index contributed by atoms with van der Waals surface area (Å²) in [7, 11) is -1.99. The van der Waals surface area contributed by atoms with E-state index in [9.17, 15) is 15.3 Å². The third kappa shape index (κ3) is 3.67. The van der Waals surface area contributed by atoms with Gasteiger partial charge in [0.2, 0.25) is 0 Å². The van der Waals surface area contributed by atoms with Gasteiger partial charge in [0.25, 0.3) is 0 Å². The fourth-order valence-electron chi connectivity index (χ4n) is 6.56. The Morgan fingerprint density at radius 3 is 2.44 bits per heavy atom. The molecule has 1 spiro atoms. The van der Waals surface area contributed by atoms with Crippen LogP contribution in [0.15, 0.2) is 0 Å². The Kier molecular flexibility index (Phi) is 6.53. The average Bonchev–Trinajstić information content (AvgIpc) is 2.96. The molecule has 3 aliphatic rings. The fraction of sp³-hybridized carbons (Fsp3) is 0.885. The average molecular weight is 459 g/mol. The van der Waals surface area contributed by atoms with Crippen LogP contribution >= 0.6 is 0 Å². The lowest BCUT2D eigenvalue weighted by molar-refractivity contribution is -0.177. The second-order valence-corrected chi connectivity index (χ2v) is 17.7. The van der Waals surface area contributed by atoms with Crippen molar-refractivity contribution in [2.75, 3.05) is 6.61 Å². The maximum absolute atomic E-state index is 14.5. The van der Waals surface area contributed by atoms with Crippen LogP contribution in [0, 0.1) is 51.2 Å². The zero-order valence-electron chi connectivity index (χ0n) is 21.4. The Morgan fingerprint density at radius 2 is 1.88 bits per heavy atom.